The molecule has 0 bridgehead atoms. The Labute approximate surface area is 85.2 Å². The standard InChI is InChI=1S/C6H3F3N.3CH3.Sn/c7-6(8,9)5-3-1-2-4-10-5;;;;/h1-3H;3*1H3;. The van der Waals surface area contributed by atoms with Crippen LogP contribution in [0.2, 0.25) is 14.8 Å². The van der Waals surface area contributed by atoms with Gasteiger partial charge in [-0.2, -0.15) is 0 Å². The Morgan fingerprint density at radius 2 is 1.71 bits per heavy atom. The average Bonchev–Trinajstić information content (AvgIpc) is 2.01. The van der Waals surface area contributed by atoms with E-state index < -0.39 is 30.2 Å². The van der Waals surface area contributed by atoms with Crippen molar-refractivity contribution >= 4 is 22.1 Å². The van der Waals surface area contributed by atoms with Crippen molar-refractivity contribution in [2.45, 2.75) is 21.0 Å². The molecule has 5 heteroatoms. The summed E-state index contributed by atoms with van der Waals surface area (Å²) in [7, 11) is 0. The first-order valence-corrected chi connectivity index (χ1v) is 14.2. The van der Waals surface area contributed by atoms with Gasteiger partial charge in [-0.25, -0.2) is 0 Å². The number of rotatable bonds is 1. The van der Waals surface area contributed by atoms with Gasteiger partial charge in [0.1, 0.15) is 0 Å². The Kier molecular flexibility index (Phi) is 3.13. The molecule has 1 nitrogen and oxygen atoms in total. The number of pyridine rings is 1. The summed E-state index contributed by atoms with van der Waals surface area (Å²) < 4.78 is 37.6. The molecule has 0 unspecified atom stereocenters. The van der Waals surface area contributed by atoms with Crippen LogP contribution in [0.1, 0.15) is 5.69 Å². The molecule has 0 saturated heterocycles. The van der Waals surface area contributed by atoms with Crippen LogP contribution in [0.25, 0.3) is 0 Å². The molecule has 0 N–H and O–H groups in total. The zero-order valence-electron chi connectivity index (χ0n) is 8.31. The van der Waals surface area contributed by atoms with Crippen LogP contribution in [-0.4, -0.2) is 23.4 Å². The van der Waals surface area contributed by atoms with E-state index in [1.165, 1.54) is 6.07 Å². The second kappa shape index (κ2) is 3.71. The number of hydrogen-bond acceptors (Lipinski definition) is 1. The van der Waals surface area contributed by atoms with Gasteiger partial charge in [0.15, 0.2) is 0 Å². The SMILES string of the molecule is [CH3][Sn]([CH3])([CH3])[c]1cccc(C(F)(F)F)n1. The number of alkyl halides is 3. The Morgan fingerprint density at radius 3 is 2.14 bits per heavy atom. The van der Waals surface area contributed by atoms with E-state index in [1.807, 2.05) is 14.8 Å². The summed E-state index contributed by atoms with van der Waals surface area (Å²) in [4.78, 5) is 9.80. The van der Waals surface area contributed by atoms with Crippen LogP contribution >= 0.6 is 0 Å². The number of nitrogens with zero attached hydrogens (tertiary/aromatic N) is 1. The van der Waals surface area contributed by atoms with Gasteiger partial charge in [-0.3, -0.25) is 0 Å². The van der Waals surface area contributed by atoms with Crippen molar-refractivity contribution in [3.8, 4) is 0 Å². The fourth-order valence-corrected chi connectivity index (χ4v) is 4.01. The second-order valence-corrected chi connectivity index (χ2v) is 18.5. The zero-order valence-corrected chi connectivity index (χ0v) is 11.2. The summed E-state index contributed by atoms with van der Waals surface area (Å²) in [5.74, 6) is 0. The molecule has 0 fully saturated rings. The monoisotopic (exact) mass is 311 g/mol. The number of halogens is 3. The van der Waals surface area contributed by atoms with Crippen LogP contribution in [0.5, 0.6) is 0 Å². The van der Waals surface area contributed by atoms with Gasteiger partial charge in [-0.1, -0.05) is 0 Å². The topological polar surface area (TPSA) is 12.9 Å². The van der Waals surface area contributed by atoms with Gasteiger partial charge in [0.25, 0.3) is 0 Å². The summed E-state index contributed by atoms with van der Waals surface area (Å²) in [6, 6.07) is 4.15. The van der Waals surface area contributed by atoms with E-state index >= 15 is 0 Å². The average molecular weight is 310 g/mol. The molecule has 1 aromatic heterocycles. The molecule has 0 saturated carbocycles. The molecule has 0 aliphatic carbocycles. The van der Waals surface area contributed by atoms with Crippen LogP contribution in [0.4, 0.5) is 13.2 Å². The van der Waals surface area contributed by atoms with Crippen molar-refractivity contribution in [3.05, 3.63) is 23.9 Å². The van der Waals surface area contributed by atoms with E-state index in [0.717, 1.165) is 6.07 Å². The molecule has 0 amide bonds. The van der Waals surface area contributed by atoms with Crippen molar-refractivity contribution in [2.24, 2.45) is 0 Å². The van der Waals surface area contributed by atoms with Crippen LogP contribution in [0.3, 0.4) is 0 Å². The molecule has 0 spiro atoms. The summed E-state index contributed by atoms with van der Waals surface area (Å²) >= 11 is -2.47. The van der Waals surface area contributed by atoms with Crippen molar-refractivity contribution < 1.29 is 13.2 Å². The van der Waals surface area contributed by atoms with E-state index in [2.05, 4.69) is 4.98 Å². The normalized spacial score (nSPS) is 13.0. The molecule has 0 atom stereocenters. The van der Waals surface area contributed by atoms with Crippen molar-refractivity contribution in [1.82, 2.24) is 4.98 Å². The summed E-state index contributed by atoms with van der Waals surface area (Å²) in [5.41, 5.74) is -0.776. The third kappa shape index (κ3) is 2.86. The number of aromatic nitrogens is 1. The maximum atomic E-state index is 12.3. The van der Waals surface area contributed by atoms with Crippen LogP contribution in [0, 0.1) is 0 Å². The fourth-order valence-electron chi connectivity index (χ4n) is 1.01. The zero-order chi connectivity index (χ0) is 11.0. The molecule has 0 aliphatic rings. The van der Waals surface area contributed by atoms with E-state index in [0.29, 0.717) is 3.71 Å². The van der Waals surface area contributed by atoms with E-state index in [4.69, 9.17) is 0 Å². The Bertz CT molecular complexity index is 298. The van der Waals surface area contributed by atoms with Gasteiger partial charge in [0, 0.05) is 0 Å². The van der Waals surface area contributed by atoms with Gasteiger partial charge in [-0.15, -0.1) is 0 Å². The van der Waals surface area contributed by atoms with Crippen molar-refractivity contribution in [2.75, 3.05) is 0 Å². The van der Waals surface area contributed by atoms with Crippen LogP contribution in [0.15, 0.2) is 18.2 Å². The van der Waals surface area contributed by atoms with E-state index in [9.17, 15) is 13.2 Å². The van der Waals surface area contributed by atoms with E-state index in [-0.39, 0.29) is 0 Å². The summed E-state index contributed by atoms with van der Waals surface area (Å²) in [6.07, 6.45) is -4.33. The molecule has 1 aromatic rings. The molecule has 78 valence electrons. The third-order valence-electron chi connectivity index (χ3n) is 1.81. The molecule has 0 aromatic carbocycles. The van der Waals surface area contributed by atoms with Crippen molar-refractivity contribution in [3.63, 3.8) is 0 Å². The van der Waals surface area contributed by atoms with E-state index in [1.54, 1.807) is 6.07 Å². The minimum atomic E-state index is -4.33. The predicted octanol–water partition coefficient (Wildman–Crippen LogP) is 2.65. The first-order chi connectivity index (χ1) is 6.21. The van der Waals surface area contributed by atoms with Gasteiger partial charge in [-0.05, 0) is 0 Å². The fraction of sp³-hybridized carbons (Fsp3) is 0.444. The van der Waals surface area contributed by atoms with Gasteiger partial charge in [0.05, 0.1) is 0 Å². The second-order valence-electron chi connectivity index (χ2n) is 4.16. The van der Waals surface area contributed by atoms with Gasteiger partial charge in [0.2, 0.25) is 0 Å². The maximum absolute atomic E-state index is 12.3. The molecular formula is C9H12F3NSn. The quantitative estimate of drug-likeness (QED) is 0.727. The molecule has 1 heterocycles. The van der Waals surface area contributed by atoms with Crippen LogP contribution < -0.4 is 3.71 Å². The molecule has 14 heavy (non-hydrogen) atoms. The minimum absolute atomic E-state index is 0.661. The molecule has 1 rings (SSSR count). The molecule has 0 aliphatic heterocycles. The third-order valence-corrected chi connectivity index (χ3v) is 6.99. The molecule has 0 radical (unpaired) electrons. The first-order valence-electron chi connectivity index (χ1n) is 4.26. The Balaban J connectivity index is 3.15. The van der Waals surface area contributed by atoms with Crippen LogP contribution in [-0.2, 0) is 6.18 Å². The Morgan fingerprint density at radius 1 is 1.14 bits per heavy atom. The summed E-state index contributed by atoms with van der Waals surface area (Å²) in [6.45, 7) is 0. The van der Waals surface area contributed by atoms with Gasteiger partial charge < -0.3 is 0 Å². The summed E-state index contributed by atoms with van der Waals surface area (Å²) in [5, 5.41) is 0. The first kappa shape index (κ1) is 11.8. The Hall–Kier alpha value is -0.261. The molecular weight excluding hydrogens is 298 g/mol. The van der Waals surface area contributed by atoms with Crippen molar-refractivity contribution in [1.29, 1.82) is 0 Å². The number of hydrogen-bond donors (Lipinski definition) is 0. The predicted molar refractivity (Wildman–Crippen MR) is 52.2 cm³/mol. The van der Waals surface area contributed by atoms with Gasteiger partial charge >= 0.3 is 85.1 Å².